The molecule has 0 radical (unpaired) electrons. The number of carbonyl (C=O) groups is 1. The Labute approximate surface area is 107 Å². The van der Waals surface area contributed by atoms with Crippen molar-refractivity contribution in [3.8, 4) is 0 Å². The lowest BCUT2D eigenvalue weighted by Gasteiger charge is -2.21. The van der Waals surface area contributed by atoms with E-state index in [1.165, 1.54) is 6.07 Å². The minimum Gasteiger partial charge on any atom is -0.396 e. The highest BCUT2D eigenvalue weighted by Gasteiger charge is 2.19. The van der Waals surface area contributed by atoms with Crippen LogP contribution < -0.4 is 5.32 Å². The predicted molar refractivity (Wildman–Crippen MR) is 68.9 cm³/mol. The van der Waals surface area contributed by atoms with Crippen LogP contribution in [-0.2, 0) is 0 Å². The van der Waals surface area contributed by atoms with Gasteiger partial charge >= 0.3 is 0 Å². The van der Waals surface area contributed by atoms with Crippen molar-refractivity contribution in [2.75, 3.05) is 6.61 Å². The number of halogens is 1. The van der Waals surface area contributed by atoms with Gasteiger partial charge in [-0.05, 0) is 30.9 Å². The third-order valence-corrected chi connectivity index (χ3v) is 3.00. The highest BCUT2D eigenvalue weighted by Crippen LogP contribution is 2.13. The van der Waals surface area contributed by atoms with E-state index in [1.807, 2.05) is 13.8 Å². The van der Waals surface area contributed by atoms with E-state index in [9.17, 15) is 9.18 Å². The molecule has 1 amide bonds. The Morgan fingerprint density at radius 1 is 1.44 bits per heavy atom. The summed E-state index contributed by atoms with van der Waals surface area (Å²) in [5, 5.41) is 11.7. The molecule has 0 bridgehead atoms. The van der Waals surface area contributed by atoms with E-state index < -0.39 is 11.7 Å². The molecule has 1 rings (SSSR count). The summed E-state index contributed by atoms with van der Waals surface area (Å²) < 4.78 is 13.8. The molecule has 1 atom stereocenters. The number of carbonyl (C=O) groups excluding carboxylic acids is 1. The van der Waals surface area contributed by atoms with Crippen molar-refractivity contribution in [1.82, 2.24) is 5.32 Å². The summed E-state index contributed by atoms with van der Waals surface area (Å²) in [7, 11) is 0. The van der Waals surface area contributed by atoms with Crippen LogP contribution >= 0.6 is 0 Å². The first-order valence-corrected chi connectivity index (χ1v) is 6.14. The SMILES string of the molecule is Cc1cccc(C(=O)NC(CCO)C(C)C)c1F. The van der Waals surface area contributed by atoms with Gasteiger partial charge in [0.25, 0.3) is 5.91 Å². The first-order valence-electron chi connectivity index (χ1n) is 6.14. The molecule has 1 unspecified atom stereocenters. The first kappa shape index (κ1) is 14.6. The zero-order valence-electron chi connectivity index (χ0n) is 11.0. The number of aliphatic hydroxyl groups is 1. The molecule has 1 aromatic carbocycles. The molecule has 0 saturated heterocycles. The zero-order valence-corrected chi connectivity index (χ0v) is 11.0. The molecule has 0 heterocycles. The number of hydrogen-bond acceptors (Lipinski definition) is 2. The molecule has 18 heavy (non-hydrogen) atoms. The van der Waals surface area contributed by atoms with E-state index in [0.29, 0.717) is 12.0 Å². The number of benzene rings is 1. The summed E-state index contributed by atoms with van der Waals surface area (Å²) in [4.78, 5) is 12.0. The van der Waals surface area contributed by atoms with Crippen LogP contribution in [0.1, 0.15) is 36.2 Å². The summed E-state index contributed by atoms with van der Waals surface area (Å²) in [5.74, 6) is -0.723. The minimum absolute atomic E-state index is 0.000569. The van der Waals surface area contributed by atoms with Gasteiger partial charge in [-0.25, -0.2) is 4.39 Å². The number of nitrogens with one attached hydrogen (secondary N) is 1. The van der Waals surface area contributed by atoms with Crippen molar-refractivity contribution in [2.24, 2.45) is 5.92 Å². The van der Waals surface area contributed by atoms with Crippen LogP contribution in [0.15, 0.2) is 18.2 Å². The van der Waals surface area contributed by atoms with Crippen LogP contribution in [0.25, 0.3) is 0 Å². The van der Waals surface area contributed by atoms with Crippen LogP contribution in [0.3, 0.4) is 0 Å². The maximum Gasteiger partial charge on any atom is 0.254 e. The number of aryl methyl sites for hydroxylation is 1. The lowest BCUT2D eigenvalue weighted by molar-refractivity contribution is 0.0912. The van der Waals surface area contributed by atoms with Gasteiger partial charge in [-0.1, -0.05) is 26.0 Å². The standard InChI is InChI=1S/C14H20FNO2/c1-9(2)12(7-8-17)16-14(18)11-6-4-5-10(3)13(11)15/h4-6,9,12,17H,7-8H2,1-3H3,(H,16,18). The Morgan fingerprint density at radius 2 is 2.11 bits per heavy atom. The van der Waals surface area contributed by atoms with Gasteiger partial charge in [-0.2, -0.15) is 0 Å². The quantitative estimate of drug-likeness (QED) is 0.845. The van der Waals surface area contributed by atoms with Crippen molar-refractivity contribution < 1.29 is 14.3 Å². The highest BCUT2D eigenvalue weighted by molar-refractivity contribution is 5.94. The molecule has 1 aromatic rings. The molecule has 0 fully saturated rings. The Balaban J connectivity index is 2.84. The fourth-order valence-electron chi connectivity index (χ4n) is 1.78. The van der Waals surface area contributed by atoms with Crippen molar-refractivity contribution in [1.29, 1.82) is 0 Å². The van der Waals surface area contributed by atoms with Gasteiger partial charge in [-0.15, -0.1) is 0 Å². The van der Waals surface area contributed by atoms with Gasteiger partial charge in [0.2, 0.25) is 0 Å². The van der Waals surface area contributed by atoms with Gasteiger partial charge in [0.05, 0.1) is 5.56 Å². The highest BCUT2D eigenvalue weighted by atomic mass is 19.1. The molecule has 0 saturated carbocycles. The molecule has 0 aliphatic heterocycles. The average Bonchev–Trinajstić information content (AvgIpc) is 2.31. The molecule has 0 aliphatic carbocycles. The van der Waals surface area contributed by atoms with Gasteiger partial charge in [0.1, 0.15) is 5.82 Å². The second-order valence-corrected chi connectivity index (χ2v) is 4.77. The van der Waals surface area contributed by atoms with E-state index in [2.05, 4.69) is 5.32 Å². The predicted octanol–water partition coefficient (Wildman–Crippen LogP) is 2.27. The second kappa shape index (κ2) is 6.50. The largest absolute Gasteiger partial charge is 0.396 e. The van der Waals surface area contributed by atoms with Crippen molar-refractivity contribution in [3.63, 3.8) is 0 Å². The number of aliphatic hydroxyl groups excluding tert-OH is 1. The van der Waals surface area contributed by atoms with Gasteiger partial charge < -0.3 is 10.4 Å². The molecular formula is C14H20FNO2. The smallest absolute Gasteiger partial charge is 0.254 e. The van der Waals surface area contributed by atoms with Crippen LogP contribution in [0.2, 0.25) is 0 Å². The van der Waals surface area contributed by atoms with Crippen LogP contribution in [0, 0.1) is 18.7 Å². The maximum atomic E-state index is 13.8. The maximum absolute atomic E-state index is 13.8. The second-order valence-electron chi connectivity index (χ2n) is 4.77. The van der Waals surface area contributed by atoms with Crippen molar-refractivity contribution in [2.45, 2.75) is 33.2 Å². The van der Waals surface area contributed by atoms with Crippen molar-refractivity contribution >= 4 is 5.91 Å². The van der Waals surface area contributed by atoms with Crippen LogP contribution in [0.5, 0.6) is 0 Å². The summed E-state index contributed by atoms with van der Waals surface area (Å²) in [6.07, 6.45) is 0.469. The third-order valence-electron chi connectivity index (χ3n) is 3.00. The molecule has 2 N–H and O–H groups in total. The summed E-state index contributed by atoms with van der Waals surface area (Å²) >= 11 is 0. The summed E-state index contributed by atoms with van der Waals surface area (Å²) in [6.45, 7) is 5.53. The normalized spacial score (nSPS) is 12.6. The zero-order chi connectivity index (χ0) is 13.7. The number of hydrogen-bond donors (Lipinski definition) is 2. The van der Waals surface area contributed by atoms with E-state index >= 15 is 0 Å². The Hall–Kier alpha value is -1.42. The lowest BCUT2D eigenvalue weighted by Crippen LogP contribution is -2.39. The van der Waals surface area contributed by atoms with Gasteiger partial charge in [0, 0.05) is 12.6 Å². The fraction of sp³-hybridized carbons (Fsp3) is 0.500. The molecule has 100 valence electrons. The van der Waals surface area contributed by atoms with E-state index in [4.69, 9.17) is 5.11 Å². The summed E-state index contributed by atoms with van der Waals surface area (Å²) in [6, 6.07) is 4.60. The molecule has 4 heteroatoms. The third kappa shape index (κ3) is 3.53. The average molecular weight is 253 g/mol. The van der Waals surface area contributed by atoms with E-state index in [1.54, 1.807) is 19.1 Å². The minimum atomic E-state index is -0.485. The van der Waals surface area contributed by atoms with Crippen LogP contribution in [0.4, 0.5) is 4.39 Å². The van der Waals surface area contributed by atoms with Gasteiger partial charge in [0.15, 0.2) is 0 Å². The number of rotatable bonds is 5. The Bertz CT molecular complexity index is 418. The lowest BCUT2D eigenvalue weighted by atomic mass is 10.0. The summed E-state index contributed by atoms with van der Waals surface area (Å²) in [5.41, 5.74) is 0.504. The molecule has 0 aliphatic rings. The van der Waals surface area contributed by atoms with E-state index in [-0.39, 0.29) is 24.1 Å². The number of amides is 1. The molecular weight excluding hydrogens is 233 g/mol. The van der Waals surface area contributed by atoms with Gasteiger partial charge in [-0.3, -0.25) is 4.79 Å². The van der Waals surface area contributed by atoms with Crippen LogP contribution in [-0.4, -0.2) is 23.7 Å². The topological polar surface area (TPSA) is 49.3 Å². The monoisotopic (exact) mass is 253 g/mol. The Kier molecular flexibility index (Phi) is 5.28. The molecule has 3 nitrogen and oxygen atoms in total. The fourth-order valence-corrected chi connectivity index (χ4v) is 1.78. The first-order chi connectivity index (χ1) is 8.47. The van der Waals surface area contributed by atoms with Crippen molar-refractivity contribution in [3.05, 3.63) is 35.1 Å². The molecule has 0 aromatic heterocycles. The van der Waals surface area contributed by atoms with E-state index in [0.717, 1.165) is 0 Å². The Morgan fingerprint density at radius 3 is 2.67 bits per heavy atom. The molecule has 0 spiro atoms.